The summed E-state index contributed by atoms with van der Waals surface area (Å²) >= 11 is 0. The third kappa shape index (κ3) is 6.27. The van der Waals surface area contributed by atoms with Crippen LogP contribution in [0.5, 0.6) is 0 Å². The van der Waals surface area contributed by atoms with Crippen LogP contribution in [-0.4, -0.2) is 73.3 Å². The van der Waals surface area contributed by atoms with Gasteiger partial charge in [-0.15, -0.1) is 0 Å². The average Bonchev–Trinajstić information content (AvgIpc) is 2.57. The van der Waals surface area contributed by atoms with Gasteiger partial charge in [-0.05, 0) is 23.7 Å². The van der Waals surface area contributed by atoms with Gasteiger partial charge in [-0.2, -0.15) is 0 Å². The van der Waals surface area contributed by atoms with Gasteiger partial charge in [-0.1, -0.05) is 55.4 Å². The van der Waals surface area contributed by atoms with Crippen molar-refractivity contribution in [3.8, 4) is 0 Å². The molecule has 36 heavy (non-hydrogen) atoms. The van der Waals surface area contributed by atoms with Gasteiger partial charge in [0.05, 0.1) is 0 Å². The maximum absolute atomic E-state index is 7.08. The summed E-state index contributed by atoms with van der Waals surface area (Å²) in [5.74, 6) is 0.783. The highest BCUT2D eigenvalue weighted by Gasteiger charge is 2.75. The monoisotopic (exact) mass is 644 g/mol. The van der Waals surface area contributed by atoms with Gasteiger partial charge in [0.15, 0.2) is 0 Å². The molecule has 20 heteroatoms. The molecule has 0 aromatic rings. The van der Waals surface area contributed by atoms with E-state index < -0.39 is 73.3 Å². The molecule has 6 saturated heterocycles. The van der Waals surface area contributed by atoms with Gasteiger partial charge in [0.1, 0.15) is 0 Å². The Balaban J connectivity index is 1.72. The van der Waals surface area contributed by atoms with Crippen LogP contribution in [0, 0.1) is 23.7 Å². The number of hydrogen-bond acceptors (Lipinski definition) is 12. The van der Waals surface area contributed by atoms with Crippen molar-refractivity contribution >= 4 is 73.3 Å². The van der Waals surface area contributed by atoms with Gasteiger partial charge in [-0.25, -0.2) is 0 Å². The minimum atomic E-state index is -3.55. The second-order valence-corrected chi connectivity index (χ2v) is 30.2. The lowest BCUT2D eigenvalue weighted by atomic mass is 10.3. The first-order valence-corrected chi connectivity index (χ1v) is 25.2. The highest BCUT2D eigenvalue weighted by molar-refractivity contribution is 6.96. The van der Waals surface area contributed by atoms with Crippen LogP contribution < -0.4 is 0 Å². The molecule has 4 radical (unpaired) electrons. The van der Waals surface area contributed by atoms with E-state index in [9.17, 15) is 0 Å². The number of rotatable bonds is 8. The van der Waals surface area contributed by atoms with Crippen molar-refractivity contribution < 1.29 is 49.4 Å². The summed E-state index contributed by atoms with van der Waals surface area (Å²) in [6, 6.07) is 2.09. The molecule has 0 aromatic carbocycles. The lowest BCUT2D eigenvalue weighted by Gasteiger charge is -2.56. The van der Waals surface area contributed by atoms with Crippen molar-refractivity contribution in [3.05, 3.63) is 0 Å². The zero-order chi connectivity index (χ0) is 25.9. The summed E-state index contributed by atoms with van der Waals surface area (Å²) in [5, 5.41) is 0. The van der Waals surface area contributed by atoms with Crippen molar-refractivity contribution in [3.63, 3.8) is 0 Å². The van der Waals surface area contributed by atoms with Gasteiger partial charge >= 0.3 is 73.3 Å². The van der Waals surface area contributed by atoms with E-state index in [1.165, 1.54) is 0 Å². The molecule has 0 atom stereocenters. The Labute approximate surface area is 225 Å². The maximum Gasteiger partial charge on any atom is 0.553 e. The Morgan fingerprint density at radius 2 is 0.583 bits per heavy atom. The molecule has 0 aromatic heterocycles. The second kappa shape index (κ2) is 10.6. The van der Waals surface area contributed by atoms with E-state index in [1.807, 2.05) is 0 Å². The van der Waals surface area contributed by atoms with Crippen LogP contribution >= 0.6 is 0 Å². The van der Waals surface area contributed by atoms with Crippen molar-refractivity contribution in [1.82, 2.24) is 0 Å². The minimum Gasteiger partial charge on any atom is -0.373 e. The summed E-state index contributed by atoms with van der Waals surface area (Å²) in [7, 11) is -23.8. The summed E-state index contributed by atoms with van der Waals surface area (Å²) in [6.45, 7) is 16.8. The number of hydrogen-bond donors (Lipinski definition) is 0. The first-order valence-electron chi connectivity index (χ1n) is 12.6. The highest BCUT2D eigenvalue weighted by atomic mass is 28.6. The summed E-state index contributed by atoms with van der Waals surface area (Å²) < 4.78 is 79.9. The molecular formula is C16H36O12Si8. The molecular weight excluding hydrogens is 609 g/mol. The Kier molecular flexibility index (Phi) is 8.46. The van der Waals surface area contributed by atoms with Crippen molar-refractivity contribution in [1.29, 1.82) is 0 Å². The molecule has 8 bridgehead atoms. The third-order valence-corrected chi connectivity index (χ3v) is 33.7. The first-order chi connectivity index (χ1) is 16.8. The molecule has 6 fully saturated rings. The van der Waals surface area contributed by atoms with E-state index in [0.29, 0.717) is 24.2 Å². The van der Waals surface area contributed by atoms with Crippen LogP contribution in [-0.2, 0) is 49.4 Å². The zero-order valence-electron chi connectivity index (χ0n) is 22.0. The molecule has 12 nitrogen and oxygen atoms in total. The topological polar surface area (TPSA) is 111 Å². The fourth-order valence-electron chi connectivity index (χ4n) is 4.73. The van der Waals surface area contributed by atoms with Crippen molar-refractivity contribution in [2.45, 2.75) is 79.6 Å². The molecule has 6 heterocycles. The predicted molar refractivity (Wildman–Crippen MR) is 138 cm³/mol. The van der Waals surface area contributed by atoms with Crippen molar-refractivity contribution in [2.75, 3.05) is 0 Å². The Morgan fingerprint density at radius 3 is 0.750 bits per heavy atom. The van der Waals surface area contributed by atoms with E-state index in [4.69, 9.17) is 49.4 Å². The van der Waals surface area contributed by atoms with Crippen LogP contribution in [0.25, 0.3) is 0 Å². The smallest absolute Gasteiger partial charge is 0.373 e. The molecule has 0 spiro atoms. The Morgan fingerprint density at radius 1 is 0.389 bits per heavy atom. The quantitative estimate of drug-likeness (QED) is 0.362. The van der Waals surface area contributed by atoms with Gasteiger partial charge in [0.2, 0.25) is 0 Å². The fraction of sp³-hybridized carbons (Fsp3) is 1.00. The van der Waals surface area contributed by atoms with Gasteiger partial charge < -0.3 is 49.4 Å². The molecule has 204 valence electrons. The van der Waals surface area contributed by atoms with E-state index in [1.54, 1.807) is 0 Å². The van der Waals surface area contributed by atoms with Crippen LogP contribution in [0.2, 0.25) is 24.2 Å². The largest absolute Gasteiger partial charge is 0.553 e. The van der Waals surface area contributed by atoms with Crippen molar-refractivity contribution in [2.24, 2.45) is 23.7 Å². The minimum absolute atomic E-state index is 0.196. The lowest BCUT2D eigenvalue weighted by molar-refractivity contribution is -0.00168. The summed E-state index contributed by atoms with van der Waals surface area (Å²) in [5.41, 5.74) is 0. The van der Waals surface area contributed by atoms with Crippen LogP contribution in [0.4, 0.5) is 0 Å². The average molecular weight is 645 g/mol. The molecule has 0 aliphatic carbocycles. The normalized spacial score (nSPS) is 40.3. The molecule has 6 aliphatic heterocycles. The van der Waals surface area contributed by atoms with E-state index in [0.717, 1.165) is 0 Å². The lowest BCUT2D eigenvalue weighted by Crippen LogP contribution is -2.81. The van der Waals surface area contributed by atoms with Gasteiger partial charge in [-0.3, -0.25) is 0 Å². The van der Waals surface area contributed by atoms with Crippen LogP contribution in [0.1, 0.15) is 55.4 Å². The van der Waals surface area contributed by atoms with E-state index in [-0.39, 0.29) is 23.7 Å². The molecule has 6 rings (SSSR count). The second-order valence-electron chi connectivity index (χ2n) is 11.3. The Bertz CT molecular complexity index is 663. The molecule has 0 saturated carbocycles. The molecule has 0 amide bonds. The fourth-order valence-corrected chi connectivity index (χ4v) is 39.5. The highest BCUT2D eigenvalue weighted by Crippen LogP contribution is 2.46. The first kappa shape index (κ1) is 28.8. The standard InChI is InChI=1S/C16H36O12Si8/c1-13(2)9-33-21-29-17-30-19-32-20-31(18-29)23-35(26-33,11-15(5)6)28-36(24-32,12-16(7)8)27-34(22-30,25-33)10-14(3)4/h13-16H,9-12H2,1-8H3. The van der Waals surface area contributed by atoms with E-state index in [2.05, 4.69) is 55.4 Å². The molecule has 0 unspecified atom stereocenters. The summed E-state index contributed by atoms with van der Waals surface area (Å²) in [4.78, 5) is 0. The zero-order valence-corrected chi connectivity index (χ0v) is 30.0. The maximum atomic E-state index is 7.08. The predicted octanol–water partition coefficient (Wildman–Crippen LogP) is 2.57. The Hall–Kier alpha value is 1.26. The molecule has 6 aliphatic rings. The SMILES string of the molecule is CC(C)C[Si]12O[Si]3O[Si]4O[Si]5O[Si](O3)O[Si](CC(C)C)(O1)O[Si](CC(C)C)(O5)O[Si](CC(C)C)(O4)O2. The summed E-state index contributed by atoms with van der Waals surface area (Å²) in [6.07, 6.45) is 0. The van der Waals surface area contributed by atoms with Gasteiger partial charge in [0.25, 0.3) is 0 Å². The third-order valence-electron chi connectivity index (χ3n) is 5.50. The van der Waals surface area contributed by atoms with Gasteiger partial charge in [0, 0.05) is 24.2 Å². The van der Waals surface area contributed by atoms with E-state index >= 15 is 0 Å². The van der Waals surface area contributed by atoms with Crippen LogP contribution in [0.3, 0.4) is 0 Å². The molecule has 0 N–H and O–H groups in total. The van der Waals surface area contributed by atoms with Crippen LogP contribution in [0.15, 0.2) is 0 Å².